The Bertz CT molecular complexity index is 958. The van der Waals surface area contributed by atoms with Gasteiger partial charge in [0.05, 0.1) is 18.7 Å². The first-order valence-electron chi connectivity index (χ1n) is 9.24. The summed E-state index contributed by atoms with van der Waals surface area (Å²) in [4.78, 5) is 17.6. The van der Waals surface area contributed by atoms with E-state index in [-0.39, 0.29) is 18.0 Å². The van der Waals surface area contributed by atoms with Gasteiger partial charge in [0.2, 0.25) is 5.88 Å². The predicted molar refractivity (Wildman–Crippen MR) is 103 cm³/mol. The molecule has 1 aliphatic heterocycles. The maximum atomic E-state index is 13.8. The van der Waals surface area contributed by atoms with E-state index in [0.29, 0.717) is 23.9 Å². The van der Waals surface area contributed by atoms with Crippen molar-refractivity contribution in [1.82, 2.24) is 9.88 Å². The largest absolute Gasteiger partial charge is 0.481 e. The summed E-state index contributed by atoms with van der Waals surface area (Å²) < 4.78 is 57.9. The molecule has 3 rings (SSSR count). The average Bonchev–Trinajstić information content (AvgIpc) is 2.68. The molecular weight excluding hydrogens is 402 g/mol. The van der Waals surface area contributed by atoms with Gasteiger partial charge in [-0.1, -0.05) is 24.6 Å². The fourth-order valence-corrected chi connectivity index (χ4v) is 3.77. The van der Waals surface area contributed by atoms with E-state index in [0.717, 1.165) is 17.7 Å². The number of likely N-dealkylation sites (tertiary alicyclic amines) is 1. The highest BCUT2D eigenvalue weighted by Crippen LogP contribution is 2.40. The maximum absolute atomic E-state index is 13.8. The number of piperidine rings is 1. The first-order valence-corrected chi connectivity index (χ1v) is 9.24. The number of benzene rings is 1. The van der Waals surface area contributed by atoms with Gasteiger partial charge < -0.3 is 15.4 Å². The van der Waals surface area contributed by atoms with Gasteiger partial charge in [0.15, 0.2) is 0 Å². The first-order chi connectivity index (χ1) is 14.1. The van der Waals surface area contributed by atoms with E-state index in [1.165, 1.54) is 12.0 Å². The van der Waals surface area contributed by atoms with Crippen LogP contribution in [0.2, 0.25) is 0 Å². The number of primary amides is 1. The molecule has 2 amide bonds. The van der Waals surface area contributed by atoms with Crippen LogP contribution in [-0.4, -0.2) is 29.6 Å². The summed E-state index contributed by atoms with van der Waals surface area (Å²) in [5, 5.41) is 0. The monoisotopic (exact) mass is 423 g/mol. The van der Waals surface area contributed by atoms with Crippen molar-refractivity contribution in [3.63, 3.8) is 0 Å². The molecule has 1 saturated heterocycles. The van der Waals surface area contributed by atoms with Crippen LogP contribution in [0.15, 0.2) is 42.1 Å². The number of halogens is 4. The van der Waals surface area contributed by atoms with Gasteiger partial charge in [0.1, 0.15) is 5.82 Å². The number of nitrogens with two attached hydrogens (primary N) is 1. The molecule has 1 fully saturated rings. The second-order valence-corrected chi connectivity index (χ2v) is 7.14. The normalized spacial score (nSPS) is 21.0. The van der Waals surface area contributed by atoms with Crippen LogP contribution in [0.4, 0.5) is 22.4 Å². The Kier molecular flexibility index (Phi) is 6.00. The smallest absolute Gasteiger partial charge is 0.416 e. The Labute approximate surface area is 171 Å². The minimum Gasteiger partial charge on any atom is -0.481 e. The number of carbonyl (C=O) groups excluding carboxylic acids is 1. The third kappa shape index (κ3) is 4.55. The van der Waals surface area contributed by atoms with Crippen LogP contribution in [-0.2, 0) is 6.18 Å². The lowest BCUT2D eigenvalue weighted by Gasteiger charge is -2.41. The van der Waals surface area contributed by atoms with Crippen molar-refractivity contribution in [2.45, 2.75) is 25.6 Å². The summed E-state index contributed by atoms with van der Waals surface area (Å²) in [6.07, 6.45) is -1.12. The summed E-state index contributed by atoms with van der Waals surface area (Å²) in [7, 11) is 1.48. The molecule has 30 heavy (non-hydrogen) atoms. The first kappa shape index (κ1) is 21.6. The number of amides is 2. The Balaban J connectivity index is 1.99. The van der Waals surface area contributed by atoms with Crippen molar-refractivity contribution in [2.75, 3.05) is 13.7 Å². The standard InChI is InChI=1S/C21H21F4N3O2/c1-12-14(7-13-8-16(21(23,24)25)10-17(22)9-13)5-6-28(20(26)29)19(12)15-3-4-18(30-2)27-11-15/h3-4,7-12,19H,5-6H2,1-2H3,(H2,26,29)/b14-7+. The summed E-state index contributed by atoms with van der Waals surface area (Å²) in [6.45, 7) is 2.13. The summed E-state index contributed by atoms with van der Waals surface area (Å²) in [5.74, 6) is -0.836. The van der Waals surface area contributed by atoms with Gasteiger partial charge >= 0.3 is 12.2 Å². The molecule has 5 nitrogen and oxygen atoms in total. The molecule has 1 aromatic heterocycles. The van der Waals surface area contributed by atoms with Crippen molar-refractivity contribution < 1.29 is 27.1 Å². The molecule has 160 valence electrons. The van der Waals surface area contributed by atoms with E-state index in [9.17, 15) is 22.4 Å². The lowest BCUT2D eigenvalue weighted by molar-refractivity contribution is -0.137. The van der Waals surface area contributed by atoms with Crippen LogP contribution < -0.4 is 10.5 Å². The van der Waals surface area contributed by atoms with Gasteiger partial charge in [-0.3, -0.25) is 0 Å². The third-order valence-electron chi connectivity index (χ3n) is 5.23. The molecular formula is C21H21F4N3O2. The van der Waals surface area contributed by atoms with E-state index >= 15 is 0 Å². The van der Waals surface area contributed by atoms with Gasteiger partial charge in [-0.25, -0.2) is 14.2 Å². The molecule has 0 spiro atoms. The topological polar surface area (TPSA) is 68.5 Å². The highest BCUT2D eigenvalue weighted by Gasteiger charge is 2.35. The predicted octanol–water partition coefficient (Wildman–Crippen LogP) is 4.79. The summed E-state index contributed by atoms with van der Waals surface area (Å²) in [6, 6.07) is 4.78. The summed E-state index contributed by atoms with van der Waals surface area (Å²) >= 11 is 0. The number of rotatable bonds is 3. The van der Waals surface area contributed by atoms with Gasteiger partial charge in [-0.05, 0) is 35.7 Å². The van der Waals surface area contributed by atoms with E-state index in [1.807, 2.05) is 6.92 Å². The molecule has 0 aliphatic carbocycles. The second kappa shape index (κ2) is 8.33. The Morgan fingerprint density at radius 2 is 2.03 bits per heavy atom. The number of aromatic nitrogens is 1. The number of alkyl halides is 3. The van der Waals surface area contributed by atoms with Gasteiger partial charge in [0, 0.05) is 24.7 Å². The van der Waals surface area contributed by atoms with Crippen LogP contribution in [0.5, 0.6) is 5.88 Å². The number of pyridine rings is 1. The van der Waals surface area contributed by atoms with E-state index < -0.39 is 29.6 Å². The molecule has 0 radical (unpaired) electrons. The van der Waals surface area contributed by atoms with Crippen LogP contribution >= 0.6 is 0 Å². The number of ether oxygens (including phenoxy) is 1. The third-order valence-corrected chi connectivity index (χ3v) is 5.23. The molecule has 9 heteroatoms. The fourth-order valence-electron chi connectivity index (χ4n) is 3.77. The number of hydrogen-bond acceptors (Lipinski definition) is 3. The molecule has 2 unspecified atom stereocenters. The van der Waals surface area contributed by atoms with E-state index in [1.54, 1.807) is 24.4 Å². The number of carbonyl (C=O) groups is 1. The zero-order valence-electron chi connectivity index (χ0n) is 16.4. The van der Waals surface area contributed by atoms with E-state index in [2.05, 4.69) is 4.98 Å². The molecule has 2 N–H and O–H groups in total. The van der Waals surface area contributed by atoms with Crippen LogP contribution in [0, 0.1) is 11.7 Å². The average molecular weight is 423 g/mol. The molecule has 2 atom stereocenters. The van der Waals surface area contributed by atoms with Crippen LogP contribution in [0.1, 0.15) is 36.1 Å². The van der Waals surface area contributed by atoms with E-state index in [4.69, 9.17) is 10.5 Å². The highest BCUT2D eigenvalue weighted by atomic mass is 19.4. The quantitative estimate of drug-likeness (QED) is 0.722. The highest BCUT2D eigenvalue weighted by molar-refractivity contribution is 5.73. The SMILES string of the molecule is COc1ccc(C2C(C)/C(=C/c3cc(F)cc(C(F)(F)F)c3)CCN2C(N)=O)cn1. The molecule has 1 aliphatic rings. The Hall–Kier alpha value is -3.10. The van der Waals surface area contributed by atoms with Gasteiger partial charge in [-0.15, -0.1) is 0 Å². The van der Waals surface area contributed by atoms with Crippen molar-refractivity contribution in [1.29, 1.82) is 0 Å². The lowest BCUT2D eigenvalue weighted by Crippen LogP contribution is -2.45. The molecule has 0 saturated carbocycles. The molecule has 0 bridgehead atoms. The van der Waals surface area contributed by atoms with Gasteiger partial charge in [0.25, 0.3) is 0 Å². The second-order valence-electron chi connectivity index (χ2n) is 7.14. The number of hydrogen-bond donors (Lipinski definition) is 1. The van der Waals surface area contributed by atoms with Crippen molar-refractivity contribution in [3.05, 3.63) is 64.6 Å². The molecule has 2 heterocycles. The van der Waals surface area contributed by atoms with Crippen molar-refractivity contribution in [3.8, 4) is 5.88 Å². The Morgan fingerprint density at radius 3 is 2.60 bits per heavy atom. The minimum absolute atomic E-state index is 0.114. The number of nitrogens with zero attached hydrogens (tertiary/aromatic N) is 2. The number of methoxy groups -OCH3 is 1. The lowest BCUT2D eigenvalue weighted by atomic mass is 9.82. The zero-order valence-corrected chi connectivity index (χ0v) is 16.4. The van der Waals surface area contributed by atoms with Gasteiger partial charge in [-0.2, -0.15) is 13.2 Å². The molecule has 1 aromatic carbocycles. The summed E-state index contributed by atoms with van der Waals surface area (Å²) in [5.41, 5.74) is 6.11. The minimum atomic E-state index is -4.65. The van der Waals surface area contributed by atoms with Crippen molar-refractivity contribution in [2.24, 2.45) is 11.7 Å². The fraction of sp³-hybridized carbons (Fsp3) is 0.333. The Morgan fingerprint density at radius 1 is 1.30 bits per heavy atom. The van der Waals surface area contributed by atoms with Crippen molar-refractivity contribution >= 4 is 12.1 Å². The van der Waals surface area contributed by atoms with Crippen LogP contribution in [0.3, 0.4) is 0 Å². The van der Waals surface area contributed by atoms with Crippen LogP contribution in [0.25, 0.3) is 6.08 Å². The zero-order chi connectivity index (χ0) is 22.1. The number of urea groups is 1. The molecule has 2 aromatic rings. The maximum Gasteiger partial charge on any atom is 0.416 e.